The minimum absolute atomic E-state index is 0.253. The third kappa shape index (κ3) is 6.37. The summed E-state index contributed by atoms with van der Waals surface area (Å²) in [5.41, 5.74) is 4.76. The number of methoxy groups -OCH3 is 6. The summed E-state index contributed by atoms with van der Waals surface area (Å²) in [4.78, 5) is 23.2. The molecule has 5 aromatic rings. The molecule has 0 aliphatic rings. The lowest BCUT2D eigenvalue weighted by Gasteiger charge is -2.18. The average Bonchev–Trinajstić information content (AvgIpc) is 3.08. The number of fused-ring (bicyclic) bond motifs is 1. The normalized spacial score (nSPS) is 10.7. The molecule has 0 bridgehead atoms. The van der Waals surface area contributed by atoms with Gasteiger partial charge in [-0.1, -0.05) is 23.7 Å². The zero-order valence-electron chi connectivity index (χ0n) is 25.7. The Balaban J connectivity index is 1.67. The van der Waals surface area contributed by atoms with Gasteiger partial charge in [-0.15, -0.1) is 0 Å². The van der Waals surface area contributed by atoms with Crippen LogP contribution in [-0.4, -0.2) is 58.5 Å². The van der Waals surface area contributed by atoms with Gasteiger partial charge in [0.15, 0.2) is 23.0 Å². The molecular formula is C34H32ClN3O7. The van der Waals surface area contributed by atoms with E-state index in [1.165, 1.54) is 7.11 Å². The van der Waals surface area contributed by atoms with Crippen molar-refractivity contribution < 1.29 is 33.2 Å². The Kier molecular flexibility index (Phi) is 9.44. The Morgan fingerprint density at radius 3 is 1.53 bits per heavy atom. The fourth-order valence-electron chi connectivity index (χ4n) is 4.92. The van der Waals surface area contributed by atoms with Gasteiger partial charge < -0.3 is 33.7 Å². The van der Waals surface area contributed by atoms with E-state index in [4.69, 9.17) is 50.0 Å². The number of nitrogens with zero attached hydrogens (tertiary/aromatic N) is 2. The van der Waals surface area contributed by atoms with Gasteiger partial charge in [-0.25, -0.2) is 9.97 Å². The Morgan fingerprint density at radius 1 is 0.622 bits per heavy atom. The molecule has 232 valence electrons. The van der Waals surface area contributed by atoms with E-state index in [0.29, 0.717) is 85.2 Å². The number of hydrogen-bond donors (Lipinski definition) is 1. The van der Waals surface area contributed by atoms with Gasteiger partial charge >= 0.3 is 0 Å². The van der Waals surface area contributed by atoms with Gasteiger partial charge in [0, 0.05) is 28.3 Å². The Morgan fingerprint density at radius 2 is 1.09 bits per heavy atom. The van der Waals surface area contributed by atoms with Gasteiger partial charge in [0.05, 0.1) is 65.1 Å². The minimum Gasteiger partial charge on any atom is -0.493 e. The monoisotopic (exact) mass is 629 g/mol. The lowest BCUT2D eigenvalue weighted by Crippen LogP contribution is -2.22. The second-order valence-corrected chi connectivity index (χ2v) is 10.2. The summed E-state index contributed by atoms with van der Waals surface area (Å²) < 4.78 is 33.6. The van der Waals surface area contributed by atoms with Crippen LogP contribution in [0.5, 0.6) is 34.5 Å². The molecule has 1 amide bonds. The van der Waals surface area contributed by atoms with E-state index in [-0.39, 0.29) is 5.91 Å². The molecule has 1 heterocycles. The maximum atomic E-state index is 13.1. The topological polar surface area (TPSA) is 110 Å². The van der Waals surface area contributed by atoms with Crippen LogP contribution in [0.4, 0.5) is 0 Å². The van der Waals surface area contributed by atoms with Crippen molar-refractivity contribution in [3.05, 3.63) is 82.9 Å². The van der Waals surface area contributed by atoms with Crippen molar-refractivity contribution in [3.8, 4) is 57.0 Å². The number of aromatic nitrogens is 2. The van der Waals surface area contributed by atoms with Crippen molar-refractivity contribution in [3.63, 3.8) is 0 Å². The van der Waals surface area contributed by atoms with E-state index in [1.54, 1.807) is 90.1 Å². The molecule has 0 radical (unpaired) electrons. The summed E-state index contributed by atoms with van der Waals surface area (Å²) >= 11 is 5.99. The van der Waals surface area contributed by atoms with Crippen LogP contribution in [0.3, 0.4) is 0 Å². The van der Waals surface area contributed by atoms with Crippen molar-refractivity contribution >= 4 is 28.5 Å². The van der Waals surface area contributed by atoms with Gasteiger partial charge in [0.2, 0.25) is 11.5 Å². The predicted octanol–water partition coefficient (Wildman–Crippen LogP) is 6.60. The van der Waals surface area contributed by atoms with Gasteiger partial charge in [0.25, 0.3) is 5.91 Å². The molecule has 0 saturated carbocycles. The van der Waals surface area contributed by atoms with Crippen LogP contribution in [0.1, 0.15) is 15.9 Å². The number of carbonyl (C=O) groups excluding carboxylic acids is 1. The summed E-state index contributed by atoms with van der Waals surface area (Å²) in [5.74, 6) is 2.43. The smallest absolute Gasteiger partial charge is 0.251 e. The summed E-state index contributed by atoms with van der Waals surface area (Å²) in [6.45, 7) is 0.344. The van der Waals surface area contributed by atoms with Gasteiger partial charge in [0.1, 0.15) is 0 Å². The second kappa shape index (κ2) is 13.6. The number of rotatable bonds is 11. The van der Waals surface area contributed by atoms with Crippen molar-refractivity contribution in [1.82, 2.24) is 15.3 Å². The third-order valence-corrected chi connectivity index (χ3v) is 7.42. The van der Waals surface area contributed by atoms with Crippen LogP contribution in [0.15, 0.2) is 66.7 Å². The highest BCUT2D eigenvalue weighted by Gasteiger charge is 2.22. The molecule has 0 atom stereocenters. The van der Waals surface area contributed by atoms with Crippen molar-refractivity contribution in [2.45, 2.75) is 6.54 Å². The number of amides is 1. The molecule has 1 N–H and O–H groups in total. The average molecular weight is 630 g/mol. The van der Waals surface area contributed by atoms with Crippen LogP contribution in [0, 0.1) is 0 Å². The lowest BCUT2D eigenvalue weighted by molar-refractivity contribution is 0.0951. The Labute approximate surface area is 265 Å². The minimum atomic E-state index is -0.253. The van der Waals surface area contributed by atoms with Crippen LogP contribution in [0.25, 0.3) is 33.5 Å². The molecule has 0 fully saturated rings. The van der Waals surface area contributed by atoms with E-state index in [1.807, 2.05) is 12.1 Å². The van der Waals surface area contributed by atoms with Gasteiger partial charge in [-0.05, 0) is 60.2 Å². The maximum absolute atomic E-state index is 13.1. The maximum Gasteiger partial charge on any atom is 0.251 e. The summed E-state index contributed by atoms with van der Waals surface area (Å²) in [7, 11) is 9.26. The van der Waals surface area contributed by atoms with Crippen LogP contribution < -0.4 is 33.7 Å². The molecule has 4 aromatic carbocycles. The van der Waals surface area contributed by atoms with E-state index in [0.717, 1.165) is 5.56 Å². The third-order valence-electron chi connectivity index (χ3n) is 7.17. The van der Waals surface area contributed by atoms with Crippen molar-refractivity contribution in [1.29, 1.82) is 0 Å². The molecule has 0 unspecified atom stereocenters. The molecule has 45 heavy (non-hydrogen) atoms. The summed E-state index contributed by atoms with van der Waals surface area (Å²) in [5, 5.41) is 3.58. The molecule has 0 spiro atoms. The Hall–Kier alpha value is -5.22. The van der Waals surface area contributed by atoms with E-state index >= 15 is 0 Å². The number of halogens is 1. The summed E-state index contributed by atoms with van der Waals surface area (Å²) in [6.07, 6.45) is 0. The first-order valence-corrected chi connectivity index (χ1v) is 14.2. The lowest BCUT2D eigenvalue weighted by atomic mass is 10.0. The number of carbonyl (C=O) groups is 1. The first kappa shape index (κ1) is 31.2. The largest absolute Gasteiger partial charge is 0.493 e. The van der Waals surface area contributed by atoms with Crippen LogP contribution in [-0.2, 0) is 6.54 Å². The quantitative estimate of drug-likeness (QED) is 0.173. The molecular weight excluding hydrogens is 598 g/mol. The number of hydrogen-bond acceptors (Lipinski definition) is 9. The first-order valence-electron chi connectivity index (χ1n) is 13.8. The number of ether oxygens (including phenoxy) is 6. The molecule has 0 aliphatic carbocycles. The molecule has 10 nitrogen and oxygen atoms in total. The molecule has 11 heteroatoms. The molecule has 1 aromatic heterocycles. The molecule has 0 aliphatic heterocycles. The van der Waals surface area contributed by atoms with Gasteiger partial charge in [-0.3, -0.25) is 4.79 Å². The van der Waals surface area contributed by atoms with Crippen molar-refractivity contribution in [2.24, 2.45) is 0 Å². The highest BCUT2D eigenvalue weighted by Crippen LogP contribution is 2.45. The van der Waals surface area contributed by atoms with E-state index in [2.05, 4.69) is 5.32 Å². The van der Waals surface area contributed by atoms with E-state index in [9.17, 15) is 4.79 Å². The fourth-order valence-corrected chi connectivity index (χ4v) is 5.05. The fraction of sp³-hybridized carbons (Fsp3) is 0.206. The zero-order valence-corrected chi connectivity index (χ0v) is 26.4. The zero-order chi connectivity index (χ0) is 32.1. The standard InChI is InChI=1S/C34H32ClN3O7/c1-40-26-14-21(15-27(41-2)32(26)44-5)30-31(22-16-28(42-3)33(45-6)29(17-22)43-4)38-25-13-20(9-12-24(25)37-30)34(39)36-18-19-7-10-23(35)11-8-19/h7-17H,18H2,1-6H3,(H,36,39). The molecule has 5 rings (SSSR count). The first-order chi connectivity index (χ1) is 21.8. The van der Waals surface area contributed by atoms with Crippen LogP contribution >= 0.6 is 11.6 Å². The summed E-state index contributed by atoms with van der Waals surface area (Å²) in [6, 6.07) is 19.7. The van der Waals surface area contributed by atoms with Gasteiger partial charge in [-0.2, -0.15) is 0 Å². The van der Waals surface area contributed by atoms with E-state index < -0.39 is 0 Å². The van der Waals surface area contributed by atoms with Crippen LogP contribution in [0.2, 0.25) is 5.02 Å². The Bertz CT molecular complexity index is 1810. The second-order valence-electron chi connectivity index (χ2n) is 9.76. The predicted molar refractivity (Wildman–Crippen MR) is 172 cm³/mol. The highest BCUT2D eigenvalue weighted by atomic mass is 35.5. The number of nitrogens with one attached hydrogen (secondary N) is 1. The SMILES string of the molecule is COc1cc(-c2nc3ccc(C(=O)NCc4ccc(Cl)cc4)cc3nc2-c2cc(OC)c(OC)c(OC)c2)cc(OC)c1OC. The highest BCUT2D eigenvalue weighted by molar-refractivity contribution is 6.30. The number of benzene rings is 4. The van der Waals surface area contributed by atoms with Crippen molar-refractivity contribution in [2.75, 3.05) is 42.7 Å². The molecule has 0 saturated heterocycles.